The van der Waals surface area contributed by atoms with E-state index in [0.717, 1.165) is 19.5 Å². The van der Waals surface area contributed by atoms with E-state index in [1.807, 2.05) is 27.9 Å². The molecule has 1 aromatic heterocycles. The molecule has 0 bridgehead atoms. The molecule has 17 heavy (non-hydrogen) atoms. The molecule has 1 aromatic rings. The minimum atomic E-state index is -0.0487. The zero-order valence-electron chi connectivity index (χ0n) is 11.1. The molecule has 0 amide bonds. The zero-order chi connectivity index (χ0) is 12.8. The van der Waals surface area contributed by atoms with Crippen molar-refractivity contribution in [3.8, 4) is 0 Å². The first-order valence-electron chi connectivity index (χ1n) is 5.98. The normalized spacial score (nSPS) is 11.2. The van der Waals surface area contributed by atoms with Crippen LogP contribution in [0.4, 0.5) is 5.82 Å². The molecule has 5 heteroatoms. The standard InChI is InChI=1S/C12H22N4O/c1-10(2)16-9-7-14-11(12(16)17)13-6-5-8-15(3)4/h7,9-10H,5-6,8H2,1-4H3,(H,13,14). The maximum absolute atomic E-state index is 12.0. The molecule has 0 aliphatic carbocycles. The number of anilines is 1. The van der Waals surface area contributed by atoms with E-state index < -0.39 is 0 Å². The Morgan fingerprint density at radius 2 is 2.18 bits per heavy atom. The predicted molar refractivity (Wildman–Crippen MR) is 70.5 cm³/mol. The molecule has 96 valence electrons. The number of aromatic nitrogens is 2. The van der Waals surface area contributed by atoms with Crippen LogP contribution in [-0.2, 0) is 0 Å². The summed E-state index contributed by atoms with van der Waals surface area (Å²) in [4.78, 5) is 18.2. The van der Waals surface area contributed by atoms with Crippen LogP contribution in [-0.4, -0.2) is 41.6 Å². The van der Waals surface area contributed by atoms with Crippen LogP contribution >= 0.6 is 0 Å². The molecule has 1 rings (SSSR count). The maximum atomic E-state index is 12.0. The molecule has 1 heterocycles. The summed E-state index contributed by atoms with van der Waals surface area (Å²) in [5, 5.41) is 3.09. The van der Waals surface area contributed by atoms with Crippen molar-refractivity contribution in [2.45, 2.75) is 26.3 Å². The molecular formula is C12H22N4O. The molecule has 0 saturated carbocycles. The lowest BCUT2D eigenvalue weighted by Crippen LogP contribution is -2.26. The zero-order valence-corrected chi connectivity index (χ0v) is 11.1. The first kappa shape index (κ1) is 13.7. The van der Waals surface area contributed by atoms with Gasteiger partial charge in [0.15, 0.2) is 5.82 Å². The minimum absolute atomic E-state index is 0.0487. The van der Waals surface area contributed by atoms with E-state index in [1.54, 1.807) is 17.0 Å². The van der Waals surface area contributed by atoms with Crippen molar-refractivity contribution >= 4 is 5.82 Å². The highest BCUT2D eigenvalue weighted by molar-refractivity contribution is 5.30. The van der Waals surface area contributed by atoms with Crippen LogP contribution in [0, 0.1) is 0 Å². The van der Waals surface area contributed by atoms with Gasteiger partial charge in [0.1, 0.15) is 0 Å². The first-order valence-corrected chi connectivity index (χ1v) is 5.98. The number of nitrogens with one attached hydrogen (secondary N) is 1. The van der Waals surface area contributed by atoms with Gasteiger partial charge in [0.05, 0.1) is 0 Å². The molecule has 0 saturated heterocycles. The highest BCUT2D eigenvalue weighted by Gasteiger charge is 2.06. The largest absolute Gasteiger partial charge is 0.365 e. The summed E-state index contributed by atoms with van der Waals surface area (Å²) in [5.41, 5.74) is -0.0487. The van der Waals surface area contributed by atoms with Gasteiger partial charge in [-0.2, -0.15) is 0 Å². The van der Waals surface area contributed by atoms with Crippen molar-refractivity contribution < 1.29 is 0 Å². The van der Waals surface area contributed by atoms with Crippen LogP contribution in [0.2, 0.25) is 0 Å². The Morgan fingerprint density at radius 1 is 1.47 bits per heavy atom. The molecule has 0 fully saturated rings. The Bertz CT molecular complexity index is 398. The van der Waals surface area contributed by atoms with E-state index in [2.05, 4.69) is 15.2 Å². The summed E-state index contributed by atoms with van der Waals surface area (Å²) in [5.74, 6) is 0.444. The molecule has 0 spiro atoms. The Kier molecular flexibility index (Phi) is 5.15. The van der Waals surface area contributed by atoms with Crippen molar-refractivity contribution in [3.63, 3.8) is 0 Å². The lowest BCUT2D eigenvalue weighted by Gasteiger charge is -2.12. The van der Waals surface area contributed by atoms with Gasteiger partial charge in [-0.15, -0.1) is 0 Å². The Balaban J connectivity index is 2.60. The van der Waals surface area contributed by atoms with Crippen LogP contribution in [0.25, 0.3) is 0 Å². The van der Waals surface area contributed by atoms with Crippen LogP contribution in [0.15, 0.2) is 17.2 Å². The van der Waals surface area contributed by atoms with Crippen molar-refractivity contribution in [1.29, 1.82) is 0 Å². The van der Waals surface area contributed by atoms with Gasteiger partial charge in [0.25, 0.3) is 5.56 Å². The number of nitrogens with zero attached hydrogens (tertiary/aromatic N) is 3. The second-order valence-electron chi connectivity index (χ2n) is 4.67. The smallest absolute Gasteiger partial charge is 0.293 e. The fraction of sp³-hybridized carbons (Fsp3) is 0.667. The molecular weight excluding hydrogens is 216 g/mol. The molecule has 0 aliphatic heterocycles. The first-order chi connectivity index (χ1) is 8.02. The quantitative estimate of drug-likeness (QED) is 0.756. The van der Waals surface area contributed by atoms with E-state index in [4.69, 9.17) is 0 Å². The maximum Gasteiger partial charge on any atom is 0.293 e. The lowest BCUT2D eigenvalue weighted by molar-refractivity contribution is 0.405. The van der Waals surface area contributed by atoms with E-state index in [0.29, 0.717) is 5.82 Å². The molecule has 0 aromatic carbocycles. The van der Waals surface area contributed by atoms with E-state index in [1.165, 1.54) is 0 Å². The monoisotopic (exact) mass is 238 g/mol. The topological polar surface area (TPSA) is 50.2 Å². The van der Waals surface area contributed by atoms with E-state index >= 15 is 0 Å². The van der Waals surface area contributed by atoms with Crippen LogP contribution in [0.5, 0.6) is 0 Å². The van der Waals surface area contributed by atoms with Crippen LogP contribution in [0.1, 0.15) is 26.3 Å². The third kappa shape index (κ3) is 4.19. The second kappa shape index (κ2) is 6.39. The number of hydrogen-bond acceptors (Lipinski definition) is 4. The van der Waals surface area contributed by atoms with Crippen molar-refractivity contribution in [3.05, 3.63) is 22.7 Å². The fourth-order valence-electron chi connectivity index (χ4n) is 1.55. The summed E-state index contributed by atoms with van der Waals surface area (Å²) in [6.45, 7) is 5.73. The third-order valence-electron chi connectivity index (χ3n) is 2.50. The van der Waals surface area contributed by atoms with Crippen molar-refractivity contribution in [2.75, 3.05) is 32.5 Å². The van der Waals surface area contributed by atoms with Gasteiger partial charge in [-0.25, -0.2) is 4.98 Å². The van der Waals surface area contributed by atoms with Crippen LogP contribution in [0.3, 0.4) is 0 Å². The van der Waals surface area contributed by atoms with Gasteiger partial charge in [-0.3, -0.25) is 4.79 Å². The van der Waals surface area contributed by atoms with Crippen molar-refractivity contribution in [2.24, 2.45) is 0 Å². The summed E-state index contributed by atoms with van der Waals surface area (Å²) in [7, 11) is 4.07. The molecule has 0 atom stereocenters. The molecule has 0 radical (unpaired) electrons. The SMILES string of the molecule is CC(C)n1ccnc(NCCCN(C)C)c1=O. The van der Waals surface area contributed by atoms with Gasteiger partial charge in [0, 0.05) is 25.0 Å². The summed E-state index contributed by atoms with van der Waals surface area (Å²) in [6.07, 6.45) is 4.37. The summed E-state index contributed by atoms with van der Waals surface area (Å²) in [6, 6.07) is 0.160. The minimum Gasteiger partial charge on any atom is -0.365 e. The van der Waals surface area contributed by atoms with E-state index in [9.17, 15) is 4.79 Å². The van der Waals surface area contributed by atoms with E-state index in [-0.39, 0.29) is 11.6 Å². The average Bonchev–Trinajstić information content (AvgIpc) is 2.25. The fourth-order valence-corrected chi connectivity index (χ4v) is 1.55. The molecule has 1 N–H and O–H groups in total. The van der Waals surface area contributed by atoms with Gasteiger partial charge in [-0.05, 0) is 40.9 Å². The lowest BCUT2D eigenvalue weighted by atomic mass is 10.3. The molecule has 0 aliphatic rings. The Labute approximate surface area is 102 Å². The number of hydrogen-bond donors (Lipinski definition) is 1. The highest BCUT2D eigenvalue weighted by Crippen LogP contribution is 2.01. The second-order valence-corrected chi connectivity index (χ2v) is 4.67. The Morgan fingerprint density at radius 3 is 2.76 bits per heavy atom. The molecule has 0 unspecified atom stereocenters. The summed E-state index contributed by atoms with van der Waals surface area (Å²) < 4.78 is 1.68. The van der Waals surface area contributed by atoms with Crippen molar-refractivity contribution in [1.82, 2.24) is 14.5 Å². The third-order valence-corrected chi connectivity index (χ3v) is 2.50. The van der Waals surface area contributed by atoms with Gasteiger partial charge in [0.2, 0.25) is 0 Å². The van der Waals surface area contributed by atoms with Gasteiger partial charge in [-0.1, -0.05) is 0 Å². The highest BCUT2D eigenvalue weighted by atomic mass is 16.1. The van der Waals surface area contributed by atoms with Crippen LogP contribution < -0.4 is 10.9 Å². The average molecular weight is 238 g/mol. The summed E-state index contributed by atoms with van der Waals surface area (Å²) >= 11 is 0. The Hall–Kier alpha value is -1.36. The number of rotatable bonds is 6. The molecule has 5 nitrogen and oxygen atoms in total. The van der Waals surface area contributed by atoms with Gasteiger partial charge >= 0.3 is 0 Å². The predicted octanol–water partition coefficient (Wildman–Crippen LogP) is 1.19. The van der Waals surface area contributed by atoms with Gasteiger partial charge < -0.3 is 14.8 Å².